The number of methoxy groups -OCH3 is 2. The molecule has 1 unspecified atom stereocenters. The molecule has 0 aliphatic rings. The summed E-state index contributed by atoms with van der Waals surface area (Å²) < 4.78 is 10.2. The first-order valence-corrected chi connectivity index (χ1v) is 5.06. The quantitative estimate of drug-likeness (QED) is 0.768. The van der Waals surface area contributed by atoms with Crippen LogP contribution in [0, 0.1) is 0 Å². The molecule has 4 heteroatoms. The number of ether oxygens (including phenoxy) is 2. The van der Waals surface area contributed by atoms with E-state index >= 15 is 0 Å². The zero-order valence-corrected chi connectivity index (χ0v) is 9.65. The highest BCUT2D eigenvalue weighted by Crippen LogP contribution is 2.31. The first-order valence-electron chi connectivity index (χ1n) is 5.06. The Kier molecular flexibility index (Phi) is 4.17. The minimum Gasteiger partial charge on any atom is -0.493 e. The Morgan fingerprint density at radius 3 is 2.31 bits per heavy atom. The van der Waals surface area contributed by atoms with Gasteiger partial charge in [0.15, 0.2) is 11.5 Å². The minimum absolute atomic E-state index is 0.484. The van der Waals surface area contributed by atoms with E-state index < -0.39 is 11.9 Å². The van der Waals surface area contributed by atoms with Crippen LogP contribution >= 0.6 is 0 Å². The Balaban J connectivity index is 3.11. The van der Waals surface area contributed by atoms with Gasteiger partial charge < -0.3 is 9.47 Å². The van der Waals surface area contributed by atoms with E-state index in [9.17, 15) is 9.90 Å². The Labute approximate surface area is 94.8 Å². The van der Waals surface area contributed by atoms with E-state index in [1.807, 2.05) is 0 Å². The van der Waals surface area contributed by atoms with Crippen LogP contribution in [0.4, 0.5) is 0 Å². The Morgan fingerprint density at radius 1 is 1.25 bits per heavy atom. The maximum atomic E-state index is 10.9. The lowest BCUT2D eigenvalue weighted by Gasteiger charge is -2.12. The van der Waals surface area contributed by atoms with Crippen molar-refractivity contribution in [3.05, 3.63) is 23.8 Å². The second-order valence-corrected chi connectivity index (χ2v) is 3.39. The predicted octanol–water partition coefficient (Wildman–Crippen LogP) is 2.15. The number of benzene rings is 1. The van der Waals surface area contributed by atoms with Gasteiger partial charge in [-0.2, -0.15) is 0 Å². The molecule has 0 aliphatic heterocycles. The third kappa shape index (κ3) is 2.45. The second kappa shape index (κ2) is 5.39. The zero-order chi connectivity index (χ0) is 12.1. The lowest BCUT2D eigenvalue weighted by Crippen LogP contribution is -2.09. The molecule has 0 amide bonds. The van der Waals surface area contributed by atoms with Crippen molar-refractivity contribution in [2.75, 3.05) is 14.2 Å². The van der Waals surface area contributed by atoms with Gasteiger partial charge in [0, 0.05) is 0 Å². The van der Waals surface area contributed by atoms with Crippen molar-refractivity contribution in [1.29, 1.82) is 0 Å². The number of hydrogen-bond donors (Lipinski definition) is 0. The number of carbonyl (C=O) groups is 1. The molecule has 1 rings (SSSR count). The highest BCUT2D eigenvalue weighted by Gasteiger charge is 2.20. The molecule has 0 spiro atoms. The number of carbonyl (C=O) groups excluding carboxylic acids is 1. The van der Waals surface area contributed by atoms with Crippen LogP contribution in [0.1, 0.15) is 24.8 Å². The Bertz CT molecular complexity index is 373. The summed E-state index contributed by atoms with van der Waals surface area (Å²) in [6.45, 7) is 1.80. The summed E-state index contributed by atoms with van der Waals surface area (Å²) in [5, 5.41) is 10.9. The van der Waals surface area contributed by atoms with Gasteiger partial charge in [-0.1, -0.05) is 13.0 Å². The minimum atomic E-state index is -1.07. The average Bonchev–Trinajstić information content (AvgIpc) is 2.29. The smallest absolute Gasteiger partial charge is 0.362 e. The standard InChI is InChI=1S/C12H15O4/c1-4-9(12(13)14)8-5-6-10(15-2)11(7-8)16-3/h5-7,9H,4H2,1-3H3. The molecular weight excluding hydrogens is 208 g/mol. The summed E-state index contributed by atoms with van der Waals surface area (Å²) in [4.78, 5) is 10.9. The van der Waals surface area contributed by atoms with Gasteiger partial charge in [0.1, 0.15) is 0 Å². The summed E-state index contributed by atoms with van der Waals surface area (Å²) in [6, 6.07) is 5.08. The highest BCUT2D eigenvalue weighted by molar-refractivity contribution is 5.76. The number of hydrogen-bond acceptors (Lipinski definition) is 3. The van der Waals surface area contributed by atoms with E-state index in [1.165, 1.54) is 14.2 Å². The van der Waals surface area contributed by atoms with Crippen LogP contribution in [-0.4, -0.2) is 20.2 Å². The molecule has 0 N–H and O–H groups in total. The van der Waals surface area contributed by atoms with Gasteiger partial charge in [-0.15, -0.1) is 0 Å². The van der Waals surface area contributed by atoms with Crippen molar-refractivity contribution < 1.29 is 19.4 Å². The third-order valence-corrected chi connectivity index (χ3v) is 2.50. The summed E-state index contributed by atoms with van der Waals surface area (Å²) in [5.41, 5.74) is 0.667. The molecule has 0 fully saturated rings. The fraction of sp³-hybridized carbons (Fsp3) is 0.417. The maximum absolute atomic E-state index is 10.9. The molecule has 0 aromatic heterocycles. The second-order valence-electron chi connectivity index (χ2n) is 3.39. The zero-order valence-electron chi connectivity index (χ0n) is 9.65. The molecule has 1 atom stereocenters. The van der Waals surface area contributed by atoms with Crippen LogP contribution in [0.15, 0.2) is 18.2 Å². The van der Waals surface area contributed by atoms with E-state index in [-0.39, 0.29) is 0 Å². The summed E-state index contributed by atoms with van der Waals surface area (Å²) in [5.74, 6) is -0.575. The van der Waals surface area contributed by atoms with Gasteiger partial charge in [0.25, 0.3) is 0 Å². The predicted molar refractivity (Wildman–Crippen MR) is 58.3 cm³/mol. The molecule has 0 saturated carbocycles. The molecule has 1 aromatic rings. The molecule has 1 aromatic carbocycles. The van der Waals surface area contributed by atoms with Gasteiger partial charge in [-0.3, -0.25) is 0 Å². The van der Waals surface area contributed by atoms with E-state index in [1.54, 1.807) is 25.1 Å². The first kappa shape index (κ1) is 12.4. The topological polar surface area (TPSA) is 55.4 Å². The van der Waals surface area contributed by atoms with E-state index in [0.29, 0.717) is 23.5 Å². The van der Waals surface area contributed by atoms with Crippen LogP contribution in [0.25, 0.3) is 0 Å². The lowest BCUT2D eigenvalue weighted by molar-refractivity contribution is -0.145. The van der Waals surface area contributed by atoms with Crippen LogP contribution < -0.4 is 9.47 Å². The Morgan fingerprint density at radius 2 is 1.88 bits per heavy atom. The van der Waals surface area contributed by atoms with Gasteiger partial charge in [0.2, 0.25) is 0 Å². The molecular formula is C12H15O4. The molecule has 16 heavy (non-hydrogen) atoms. The van der Waals surface area contributed by atoms with Crippen LogP contribution in [0.5, 0.6) is 11.5 Å². The number of rotatable bonds is 5. The van der Waals surface area contributed by atoms with Crippen LogP contribution in [-0.2, 0) is 9.90 Å². The van der Waals surface area contributed by atoms with Crippen molar-refractivity contribution >= 4 is 5.97 Å². The van der Waals surface area contributed by atoms with Crippen molar-refractivity contribution in [3.63, 3.8) is 0 Å². The average molecular weight is 223 g/mol. The van der Waals surface area contributed by atoms with Gasteiger partial charge in [-0.25, -0.2) is 9.90 Å². The van der Waals surface area contributed by atoms with Crippen molar-refractivity contribution in [2.24, 2.45) is 0 Å². The van der Waals surface area contributed by atoms with E-state index in [2.05, 4.69) is 0 Å². The molecule has 1 radical (unpaired) electrons. The molecule has 0 heterocycles. The third-order valence-electron chi connectivity index (χ3n) is 2.50. The highest BCUT2D eigenvalue weighted by atomic mass is 16.5. The van der Waals surface area contributed by atoms with Crippen LogP contribution in [0.2, 0.25) is 0 Å². The fourth-order valence-electron chi connectivity index (χ4n) is 1.61. The molecule has 0 aliphatic carbocycles. The maximum Gasteiger partial charge on any atom is 0.362 e. The largest absolute Gasteiger partial charge is 0.493 e. The van der Waals surface area contributed by atoms with Gasteiger partial charge >= 0.3 is 5.97 Å². The van der Waals surface area contributed by atoms with Gasteiger partial charge in [-0.05, 0) is 24.1 Å². The molecule has 0 saturated heterocycles. The summed E-state index contributed by atoms with van der Waals surface area (Å²) >= 11 is 0. The van der Waals surface area contributed by atoms with Crippen molar-refractivity contribution in [2.45, 2.75) is 19.3 Å². The monoisotopic (exact) mass is 223 g/mol. The Hall–Kier alpha value is -1.71. The van der Waals surface area contributed by atoms with Gasteiger partial charge in [0.05, 0.1) is 20.1 Å². The first-order chi connectivity index (χ1) is 7.63. The SMILES string of the molecule is CCC(C([O])=O)c1ccc(OC)c(OC)c1. The van der Waals surface area contributed by atoms with Crippen molar-refractivity contribution in [1.82, 2.24) is 0 Å². The summed E-state index contributed by atoms with van der Waals surface area (Å²) in [6.07, 6.45) is 0.484. The fourth-order valence-corrected chi connectivity index (χ4v) is 1.61. The lowest BCUT2D eigenvalue weighted by atomic mass is 9.96. The molecule has 87 valence electrons. The van der Waals surface area contributed by atoms with Crippen LogP contribution in [0.3, 0.4) is 0 Å². The summed E-state index contributed by atoms with van der Waals surface area (Å²) in [7, 11) is 3.05. The van der Waals surface area contributed by atoms with E-state index in [4.69, 9.17) is 9.47 Å². The normalized spacial score (nSPS) is 11.9. The van der Waals surface area contributed by atoms with Crippen molar-refractivity contribution in [3.8, 4) is 11.5 Å². The molecule has 0 bridgehead atoms. The molecule has 4 nitrogen and oxygen atoms in total. The van der Waals surface area contributed by atoms with E-state index in [0.717, 1.165) is 0 Å².